The van der Waals surface area contributed by atoms with Crippen molar-refractivity contribution in [3.63, 3.8) is 0 Å². The summed E-state index contributed by atoms with van der Waals surface area (Å²) in [5.41, 5.74) is 2.08. The average Bonchev–Trinajstić information content (AvgIpc) is 2.52. The molecular weight excluding hydrogens is 238 g/mol. The van der Waals surface area contributed by atoms with Gasteiger partial charge in [0.25, 0.3) is 0 Å². The molecule has 0 aliphatic carbocycles. The number of aryl methyl sites for hydroxylation is 1. The maximum atomic E-state index is 12.5. The normalized spacial score (nSPS) is 23.8. The van der Waals surface area contributed by atoms with Crippen molar-refractivity contribution in [2.45, 2.75) is 38.8 Å². The molecule has 2 rings (SSSR count). The van der Waals surface area contributed by atoms with Crippen LogP contribution < -0.4 is 10.2 Å². The minimum atomic E-state index is -0.392. The minimum Gasteiger partial charge on any atom is -0.308 e. The third-order valence-electron chi connectivity index (χ3n) is 3.54. The fraction of sp³-hybridized carbons (Fsp3) is 0.467. The van der Waals surface area contributed by atoms with Crippen molar-refractivity contribution < 1.29 is 4.79 Å². The summed E-state index contributed by atoms with van der Waals surface area (Å²) in [5.74, 6) is -0.00426. The van der Waals surface area contributed by atoms with E-state index >= 15 is 0 Å². The Bertz CT molecular complexity index is 489. The fourth-order valence-electron chi connectivity index (χ4n) is 2.41. The van der Waals surface area contributed by atoms with E-state index in [9.17, 15) is 4.79 Å². The zero-order chi connectivity index (χ0) is 13.8. The van der Waals surface area contributed by atoms with Gasteiger partial charge in [-0.15, -0.1) is 0 Å². The Balaban J connectivity index is 2.31. The van der Waals surface area contributed by atoms with Crippen LogP contribution in [0.2, 0.25) is 0 Å². The van der Waals surface area contributed by atoms with Crippen molar-refractivity contribution in [2.24, 2.45) is 0 Å². The van der Waals surface area contributed by atoms with E-state index in [2.05, 4.69) is 11.4 Å². The van der Waals surface area contributed by atoms with E-state index in [1.165, 1.54) is 5.56 Å². The van der Waals surface area contributed by atoms with Crippen molar-refractivity contribution >= 4 is 11.6 Å². The van der Waals surface area contributed by atoms with E-state index in [1.54, 1.807) is 0 Å². The molecule has 1 fully saturated rings. The maximum absolute atomic E-state index is 12.5. The lowest BCUT2D eigenvalue weighted by molar-refractivity contribution is -0.120. The number of amides is 1. The number of carbonyl (C=O) groups is 1. The summed E-state index contributed by atoms with van der Waals surface area (Å²) in [6.07, 6.45) is 1.11. The number of rotatable bonds is 2. The molecule has 1 aromatic rings. The first kappa shape index (κ1) is 13.6. The zero-order valence-corrected chi connectivity index (χ0v) is 11.4. The molecular formula is C15H19N3O. The van der Waals surface area contributed by atoms with Crippen molar-refractivity contribution in [2.75, 3.05) is 11.4 Å². The van der Waals surface area contributed by atoms with Crippen molar-refractivity contribution in [1.29, 1.82) is 5.26 Å². The van der Waals surface area contributed by atoms with Gasteiger partial charge in [-0.3, -0.25) is 4.79 Å². The molecule has 0 saturated carbocycles. The average molecular weight is 257 g/mol. The molecule has 0 bridgehead atoms. The molecule has 2 atom stereocenters. The van der Waals surface area contributed by atoms with Gasteiger partial charge >= 0.3 is 0 Å². The van der Waals surface area contributed by atoms with Crippen LogP contribution in [0.4, 0.5) is 5.69 Å². The molecule has 1 aliphatic rings. The van der Waals surface area contributed by atoms with E-state index in [-0.39, 0.29) is 18.4 Å². The predicted octanol–water partition coefficient (Wildman–Crippen LogP) is 1.99. The summed E-state index contributed by atoms with van der Waals surface area (Å²) in [7, 11) is 0. The highest BCUT2D eigenvalue weighted by atomic mass is 16.2. The molecule has 19 heavy (non-hydrogen) atoms. The van der Waals surface area contributed by atoms with Crippen LogP contribution >= 0.6 is 0 Å². The van der Waals surface area contributed by atoms with Crippen LogP contribution in [0.3, 0.4) is 0 Å². The lowest BCUT2D eigenvalue weighted by Gasteiger charge is -2.29. The minimum absolute atomic E-state index is 0.00426. The number of hydrogen-bond donors (Lipinski definition) is 1. The van der Waals surface area contributed by atoms with Gasteiger partial charge in [0.05, 0.1) is 12.5 Å². The Hall–Kier alpha value is -1.86. The quantitative estimate of drug-likeness (QED) is 0.881. The van der Waals surface area contributed by atoms with Gasteiger partial charge in [0.1, 0.15) is 6.04 Å². The molecule has 0 aromatic heterocycles. The molecule has 0 radical (unpaired) electrons. The molecule has 4 heteroatoms. The van der Waals surface area contributed by atoms with E-state index in [4.69, 9.17) is 5.26 Å². The SMILES string of the molecule is Cc1ccc(N2C(=O)C(CC#N)NCCC2C)cc1. The predicted molar refractivity (Wildman–Crippen MR) is 74.8 cm³/mol. The molecule has 100 valence electrons. The highest BCUT2D eigenvalue weighted by Gasteiger charge is 2.31. The summed E-state index contributed by atoms with van der Waals surface area (Å²) in [4.78, 5) is 14.4. The first-order valence-corrected chi connectivity index (χ1v) is 6.63. The third kappa shape index (κ3) is 2.94. The van der Waals surface area contributed by atoms with Gasteiger partial charge in [-0.2, -0.15) is 5.26 Å². The Morgan fingerprint density at radius 1 is 1.42 bits per heavy atom. The first-order chi connectivity index (χ1) is 9.13. The van der Waals surface area contributed by atoms with E-state index in [0.717, 1.165) is 18.7 Å². The van der Waals surface area contributed by atoms with Crippen LogP contribution in [-0.2, 0) is 4.79 Å². The summed E-state index contributed by atoms with van der Waals surface area (Å²) in [5, 5.41) is 12.0. The van der Waals surface area contributed by atoms with E-state index < -0.39 is 6.04 Å². The molecule has 1 amide bonds. The number of anilines is 1. The highest BCUT2D eigenvalue weighted by Crippen LogP contribution is 2.22. The summed E-state index contributed by atoms with van der Waals surface area (Å²) in [6.45, 7) is 4.84. The van der Waals surface area contributed by atoms with Crippen LogP contribution in [-0.4, -0.2) is 24.5 Å². The Kier molecular flexibility index (Phi) is 4.18. The number of hydrogen-bond acceptors (Lipinski definition) is 3. The van der Waals surface area contributed by atoms with Gasteiger partial charge in [-0.1, -0.05) is 17.7 Å². The lowest BCUT2D eigenvalue weighted by atomic mass is 10.1. The number of nitrogens with one attached hydrogen (secondary N) is 1. The number of nitriles is 1. The van der Waals surface area contributed by atoms with Crippen LogP contribution in [0.25, 0.3) is 0 Å². The number of carbonyl (C=O) groups excluding carboxylic acids is 1. The second kappa shape index (κ2) is 5.85. The topological polar surface area (TPSA) is 56.1 Å². The Morgan fingerprint density at radius 2 is 2.11 bits per heavy atom. The van der Waals surface area contributed by atoms with Crippen LogP contribution in [0, 0.1) is 18.3 Å². The van der Waals surface area contributed by atoms with E-state index in [0.29, 0.717) is 0 Å². The molecule has 1 saturated heterocycles. The summed E-state index contributed by atoms with van der Waals surface area (Å²) < 4.78 is 0. The standard InChI is InChI=1S/C15H19N3O/c1-11-3-5-13(6-4-11)18-12(2)8-10-17-14(7-9-16)15(18)19/h3-6,12,14,17H,7-8,10H2,1-2H3. The van der Waals surface area contributed by atoms with Crippen LogP contribution in [0.5, 0.6) is 0 Å². The maximum Gasteiger partial charge on any atom is 0.245 e. The highest BCUT2D eigenvalue weighted by molar-refractivity contribution is 5.98. The molecule has 2 unspecified atom stereocenters. The van der Waals surface area contributed by atoms with Crippen molar-refractivity contribution in [1.82, 2.24) is 5.32 Å². The van der Waals surface area contributed by atoms with Crippen LogP contribution in [0.1, 0.15) is 25.3 Å². The Labute approximate surface area is 114 Å². The molecule has 0 spiro atoms. The van der Waals surface area contributed by atoms with Crippen molar-refractivity contribution in [3.8, 4) is 6.07 Å². The largest absolute Gasteiger partial charge is 0.308 e. The Morgan fingerprint density at radius 3 is 2.74 bits per heavy atom. The third-order valence-corrected chi connectivity index (χ3v) is 3.54. The van der Waals surface area contributed by atoms with Gasteiger partial charge in [-0.05, 0) is 38.9 Å². The fourth-order valence-corrected chi connectivity index (χ4v) is 2.41. The monoisotopic (exact) mass is 257 g/mol. The molecule has 1 aliphatic heterocycles. The lowest BCUT2D eigenvalue weighted by Crippen LogP contribution is -2.46. The summed E-state index contributed by atoms with van der Waals surface area (Å²) in [6, 6.07) is 9.79. The van der Waals surface area contributed by atoms with Crippen molar-refractivity contribution in [3.05, 3.63) is 29.8 Å². The second-order valence-corrected chi connectivity index (χ2v) is 5.05. The van der Waals surface area contributed by atoms with Gasteiger partial charge in [-0.25, -0.2) is 0 Å². The molecule has 1 aromatic carbocycles. The molecule has 1 heterocycles. The van der Waals surface area contributed by atoms with Gasteiger partial charge in [0.15, 0.2) is 0 Å². The van der Waals surface area contributed by atoms with Gasteiger partial charge < -0.3 is 10.2 Å². The zero-order valence-electron chi connectivity index (χ0n) is 11.4. The second-order valence-electron chi connectivity index (χ2n) is 5.05. The summed E-state index contributed by atoms with van der Waals surface area (Å²) >= 11 is 0. The van der Waals surface area contributed by atoms with Gasteiger partial charge in [0, 0.05) is 11.7 Å². The molecule has 4 nitrogen and oxygen atoms in total. The van der Waals surface area contributed by atoms with E-state index in [1.807, 2.05) is 43.0 Å². The molecule has 1 N–H and O–H groups in total. The number of benzene rings is 1. The van der Waals surface area contributed by atoms with Crippen LogP contribution in [0.15, 0.2) is 24.3 Å². The smallest absolute Gasteiger partial charge is 0.245 e. The van der Waals surface area contributed by atoms with Gasteiger partial charge in [0.2, 0.25) is 5.91 Å². The first-order valence-electron chi connectivity index (χ1n) is 6.63. The number of nitrogens with zero attached hydrogens (tertiary/aromatic N) is 2.